The van der Waals surface area contributed by atoms with E-state index in [9.17, 15) is 5.21 Å². The first-order valence-electron chi connectivity index (χ1n) is 3.98. The molecule has 13 heavy (non-hydrogen) atoms. The van der Waals surface area contributed by atoms with E-state index in [0.717, 1.165) is 26.5 Å². The van der Waals surface area contributed by atoms with Crippen molar-refractivity contribution in [1.82, 2.24) is 0 Å². The van der Waals surface area contributed by atoms with Gasteiger partial charge in [-0.15, -0.1) is 0 Å². The second kappa shape index (κ2) is 3.34. The molecule has 0 N–H and O–H groups in total. The van der Waals surface area contributed by atoms with Crippen LogP contribution in [0.1, 0.15) is 5.56 Å². The molecule has 0 fully saturated rings. The van der Waals surface area contributed by atoms with Gasteiger partial charge in [-0.3, -0.25) is 0 Å². The van der Waals surface area contributed by atoms with E-state index in [1.54, 1.807) is 6.20 Å². The van der Waals surface area contributed by atoms with Gasteiger partial charge in [-0.1, -0.05) is 28.1 Å². The minimum Gasteiger partial charge on any atom is -0.618 e. The van der Waals surface area contributed by atoms with Crippen molar-refractivity contribution in [2.75, 3.05) is 0 Å². The fourth-order valence-electron chi connectivity index (χ4n) is 1.38. The number of para-hydroxylation sites is 1. The molecule has 2 rings (SSSR count). The first-order chi connectivity index (χ1) is 6.33. The Labute approximate surface area is 84.5 Å². The minimum absolute atomic E-state index is 0.722. The molecule has 0 amide bonds. The standard InChI is InChI=1S/C10H8BrNO/c11-7-8-5-6-12(13)10-4-2-1-3-9(8)10/h1-6H,7H2. The SMILES string of the molecule is [O-][n+]1ccc(CBr)c2ccccc21. The maximum Gasteiger partial charge on any atom is 0.224 e. The quantitative estimate of drug-likeness (QED) is 0.425. The highest BCUT2D eigenvalue weighted by molar-refractivity contribution is 9.08. The van der Waals surface area contributed by atoms with E-state index in [0.29, 0.717) is 0 Å². The van der Waals surface area contributed by atoms with Crippen LogP contribution in [-0.2, 0) is 5.33 Å². The summed E-state index contributed by atoms with van der Waals surface area (Å²) in [6.45, 7) is 0. The molecule has 0 saturated heterocycles. The number of rotatable bonds is 1. The fraction of sp³-hybridized carbons (Fsp3) is 0.100. The number of fused-ring (bicyclic) bond motifs is 1. The van der Waals surface area contributed by atoms with Crippen molar-refractivity contribution in [2.24, 2.45) is 0 Å². The number of hydrogen-bond acceptors (Lipinski definition) is 1. The summed E-state index contributed by atoms with van der Waals surface area (Å²) in [5, 5.41) is 13.1. The van der Waals surface area contributed by atoms with Gasteiger partial charge in [-0.25, -0.2) is 0 Å². The molecule has 3 heteroatoms. The zero-order valence-electron chi connectivity index (χ0n) is 6.90. The molecular weight excluding hydrogens is 230 g/mol. The second-order valence-electron chi connectivity index (χ2n) is 2.82. The molecule has 0 aliphatic rings. The molecule has 66 valence electrons. The van der Waals surface area contributed by atoms with Gasteiger partial charge in [0.2, 0.25) is 5.52 Å². The molecule has 2 aromatic rings. The molecule has 0 saturated carbocycles. The Kier molecular flexibility index (Phi) is 2.19. The van der Waals surface area contributed by atoms with Crippen LogP contribution in [0.5, 0.6) is 0 Å². The Morgan fingerprint density at radius 3 is 2.77 bits per heavy atom. The number of aromatic nitrogens is 1. The highest BCUT2D eigenvalue weighted by Crippen LogP contribution is 2.16. The van der Waals surface area contributed by atoms with Crippen molar-refractivity contribution in [1.29, 1.82) is 0 Å². The van der Waals surface area contributed by atoms with Crippen molar-refractivity contribution in [3.8, 4) is 0 Å². The summed E-state index contributed by atoms with van der Waals surface area (Å²) in [4.78, 5) is 0. The number of benzene rings is 1. The topological polar surface area (TPSA) is 26.9 Å². The third kappa shape index (κ3) is 1.40. The predicted octanol–water partition coefficient (Wildman–Crippen LogP) is 2.37. The van der Waals surface area contributed by atoms with Crippen LogP contribution in [0.15, 0.2) is 36.5 Å². The summed E-state index contributed by atoms with van der Waals surface area (Å²) >= 11 is 3.39. The van der Waals surface area contributed by atoms with E-state index < -0.39 is 0 Å². The van der Waals surface area contributed by atoms with Gasteiger partial charge in [-0.05, 0) is 11.6 Å². The largest absolute Gasteiger partial charge is 0.618 e. The Bertz CT molecular complexity index is 442. The molecule has 2 nitrogen and oxygen atoms in total. The van der Waals surface area contributed by atoms with Crippen molar-refractivity contribution < 1.29 is 4.73 Å². The highest BCUT2D eigenvalue weighted by atomic mass is 79.9. The van der Waals surface area contributed by atoms with Crippen molar-refractivity contribution >= 4 is 26.8 Å². The van der Waals surface area contributed by atoms with Gasteiger partial charge < -0.3 is 5.21 Å². The van der Waals surface area contributed by atoms with Crippen LogP contribution >= 0.6 is 15.9 Å². The zero-order chi connectivity index (χ0) is 9.26. The molecule has 0 aliphatic heterocycles. The van der Waals surface area contributed by atoms with Gasteiger partial charge in [0.15, 0.2) is 6.20 Å². The number of pyridine rings is 1. The van der Waals surface area contributed by atoms with E-state index in [4.69, 9.17) is 0 Å². The van der Waals surface area contributed by atoms with Crippen LogP contribution in [0.25, 0.3) is 10.9 Å². The Morgan fingerprint density at radius 2 is 2.00 bits per heavy atom. The van der Waals surface area contributed by atoms with Gasteiger partial charge >= 0.3 is 0 Å². The molecular formula is C10H8BrNO. The lowest BCUT2D eigenvalue weighted by Crippen LogP contribution is -2.26. The monoisotopic (exact) mass is 237 g/mol. The maximum atomic E-state index is 11.3. The van der Waals surface area contributed by atoms with Crippen molar-refractivity contribution in [2.45, 2.75) is 5.33 Å². The Balaban J connectivity index is 2.84. The van der Waals surface area contributed by atoms with E-state index in [-0.39, 0.29) is 0 Å². The van der Waals surface area contributed by atoms with Crippen LogP contribution in [0.4, 0.5) is 0 Å². The molecule has 1 aromatic heterocycles. The molecule has 0 aliphatic carbocycles. The van der Waals surface area contributed by atoms with E-state index in [2.05, 4.69) is 15.9 Å². The molecule has 1 heterocycles. The Hall–Kier alpha value is -1.09. The Morgan fingerprint density at radius 1 is 1.23 bits per heavy atom. The lowest BCUT2D eigenvalue weighted by atomic mass is 10.1. The van der Waals surface area contributed by atoms with E-state index in [1.807, 2.05) is 30.3 Å². The summed E-state index contributed by atoms with van der Waals surface area (Å²) in [6, 6.07) is 9.43. The zero-order valence-corrected chi connectivity index (χ0v) is 8.49. The molecule has 0 atom stereocenters. The van der Waals surface area contributed by atoms with Gasteiger partial charge in [0.25, 0.3) is 0 Å². The van der Waals surface area contributed by atoms with Gasteiger partial charge in [0.05, 0.1) is 5.39 Å². The summed E-state index contributed by atoms with van der Waals surface area (Å²) in [5.41, 5.74) is 1.86. The van der Waals surface area contributed by atoms with Crippen LogP contribution in [0.3, 0.4) is 0 Å². The maximum absolute atomic E-state index is 11.3. The first kappa shape index (κ1) is 8.51. The van der Waals surface area contributed by atoms with E-state index >= 15 is 0 Å². The second-order valence-corrected chi connectivity index (χ2v) is 3.38. The average molecular weight is 238 g/mol. The molecule has 1 aromatic carbocycles. The van der Waals surface area contributed by atoms with Crippen LogP contribution in [0, 0.1) is 5.21 Å². The van der Waals surface area contributed by atoms with Crippen LogP contribution in [0.2, 0.25) is 0 Å². The average Bonchev–Trinajstić information content (AvgIpc) is 2.19. The smallest absolute Gasteiger partial charge is 0.224 e. The molecule has 0 unspecified atom stereocenters. The van der Waals surface area contributed by atoms with Crippen molar-refractivity contribution in [3.05, 3.63) is 47.3 Å². The molecule has 0 radical (unpaired) electrons. The summed E-state index contributed by atoms with van der Waals surface area (Å²) in [5.74, 6) is 0. The number of alkyl halides is 1. The lowest BCUT2D eigenvalue weighted by molar-refractivity contribution is -0.577. The summed E-state index contributed by atoms with van der Waals surface area (Å²) < 4.78 is 0.890. The third-order valence-corrected chi connectivity index (χ3v) is 2.65. The number of hydrogen-bond donors (Lipinski definition) is 0. The van der Waals surface area contributed by atoms with Crippen molar-refractivity contribution in [3.63, 3.8) is 0 Å². The minimum atomic E-state index is 0.722. The fourth-order valence-corrected chi connectivity index (χ4v) is 1.87. The molecule has 0 bridgehead atoms. The summed E-state index contributed by atoms with van der Waals surface area (Å²) in [7, 11) is 0. The number of nitrogens with zero attached hydrogens (tertiary/aromatic N) is 1. The van der Waals surface area contributed by atoms with Gasteiger partial charge in [0.1, 0.15) is 0 Å². The number of halogens is 1. The normalized spacial score (nSPS) is 10.5. The lowest BCUT2D eigenvalue weighted by Gasteiger charge is -2.03. The van der Waals surface area contributed by atoms with E-state index in [1.165, 1.54) is 0 Å². The van der Waals surface area contributed by atoms with Crippen LogP contribution in [-0.4, -0.2) is 0 Å². The summed E-state index contributed by atoms with van der Waals surface area (Å²) in [6.07, 6.45) is 1.54. The van der Waals surface area contributed by atoms with Crippen LogP contribution < -0.4 is 4.73 Å². The van der Waals surface area contributed by atoms with Gasteiger partial charge in [-0.2, -0.15) is 4.73 Å². The third-order valence-electron chi connectivity index (χ3n) is 2.04. The van der Waals surface area contributed by atoms with Gasteiger partial charge in [0, 0.05) is 17.5 Å². The predicted molar refractivity (Wildman–Crippen MR) is 55.5 cm³/mol. The highest BCUT2D eigenvalue weighted by Gasteiger charge is 2.05. The first-order valence-corrected chi connectivity index (χ1v) is 5.11. The molecule has 0 spiro atoms.